The molecule has 1 saturated carbocycles. The maximum absolute atomic E-state index is 6.12. The molecule has 0 unspecified atom stereocenters. The zero-order valence-electron chi connectivity index (χ0n) is 10.1. The Bertz CT molecular complexity index is 352. The van der Waals surface area contributed by atoms with Crippen LogP contribution in [0.2, 0.25) is 0 Å². The molecule has 0 bridgehead atoms. The first-order valence-corrected chi connectivity index (χ1v) is 5.86. The van der Waals surface area contributed by atoms with Gasteiger partial charge in [-0.2, -0.15) is 0 Å². The molecule has 0 aliphatic heterocycles. The molecule has 0 amide bonds. The molecule has 0 atom stereocenters. The van der Waals surface area contributed by atoms with Crippen LogP contribution in [0, 0.1) is 20.8 Å². The van der Waals surface area contributed by atoms with Gasteiger partial charge < -0.3 is 5.73 Å². The van der Waals surface area contributed by atoms with Gasteiger partial charge in [-0.1, -0.05) is 17.7 Å². The lowest BCUT2D eigenvalue weighted by Gasteiger charge is -2.13. The lowest BCUT2D eigenvalue weighted by atomic mass is 9.94. The van der Waals surface area contributed by atoms with Crippen LogP contribution in [0.4, 0.5) is 0 Å². The molecular formula is C14H21N. The van der Waals surface area contributed by atoms with E-state index < -0.39 is 0 Å². The van der Waals surface area contributed by atoms with Crippen molar-refractivity contribution in [3.05, 3.63) is 34.4 Å². The number of aryl methyl sites for hydroxylation is 3. The van der Waals surface area contributed by atoms with Crippen LogP contribution in [0.25, 0.3) is 0 Å². The second kappa shape index (κ2) is 3.64. The Morgan fingerprint density at radius 1 is 1.13 bits per heavy atom. The second-order valence-electron chi connectivity index (χ2n) is 5.24. The molecule has 0 saturated heterocycles. The van der Waals surface area contributed by atoms with Crippen molar-refractivity contribution < 1.29 is 0 Å². The van der Waals surface area contributed by atoms with Crippen LogP contribution in [0.15, 0.2) is 12.1 Å². The van der Waals surface area contributed by atoms with Crippen molar-refractivity contribution in [3.63, 3.8) is 0 Å². The van der Waals surface area contributed by atoms with E-state index >= 15 is 0 Å². The van der Waals surface area contributed by atoms with E-state index in [1.54, 1.807) is 0 Å². The quantitative estimate of drug-likeness (QED) is 0.803. The van der Waals surface area contributed by atoms with Crippen molar-refractivity contribution in [2.45, 2.75) is 52.0 Å². The summed E-state index contributed by atoms with van der Waals surface area (Å²) in [5, 5.41) is 0. The van der Waals surface area contributed by atoms with E-state index in [1.165, 1.54) is 35.1 Å². The van der Waals surface area contributed by atoms with Crippen molar-refractivity contribution in [1.29, 1.82) is 0 Å². The first kappa shape index (κ1) is 10.7. The highest BCUT2D eigenvalue weighted by Gasteiger charge is 2.37. The normalized spacial score (nSPS) is 17.9. The first-order valence-electron chi connectivity index (χ1n) is 5.86. The van der Waals surface area contributed by atoms with Gasteiger partial charge >= 0.3 is 0 Å². The van der Waals surface area contributed by atoms with Gasteiger partial charge in [0, 0.05) is 5.54 Å². The first-order chi connectivity index (χ1) is 7.00. The third kappa shape index (κ3) is 2.40. The predicted molar refractivity (Wildman–Crippen MR) is 65.1 cm³/mol. The van der Waals surface area contributed by atoms with E-state index in [2.05, 4.69) is 32.9 Å². The summed E-state index contributed by atoms with van der Waals surface area (Å²) in [5.74, 6) is 0. The van der Waals surface area contributed by atoms with Crippen molar-refractivity contribution in [2.24, 2.45) is 5.73 Å². The molecule has 1 fully saturated rings. The largest absolute Gasteiger partial charge is 0.325 e. The lowest BCUT2D eigenvalue weighted by molar-refractivity contribution is 0.607. The van der Waals surface area contributed by atoms with E-state index in [9.17, 15) is 0 Å². The minimum absolute atomic E-state index is 0.184. The highest BCUT2D eigenvalue weighted by atomic mass is 14.8. The van der Waals surface area contributed by atoms with Crippen LogP contribution in [0.3, 0.4) is 0 Å². The summed E-state index contributed by atoms with van der Waals surface area (Å²) < 4.78 is 0. The van der Waals surface area contributed by atoms with Crippen molar-refractivity contribution in [2.75, 3.05) is 0 Å². The molecule has 2 N–H and O–H groups in total. The fourth-order valence-electron chi connectivity index (χ4n) is 2.39. The van der Waals surface area contributed by atoms with Gasteiger partial charge in [-0.05, 0) is 63.1 Å². The molecule has 2 rings (SSSR count). The summed E-state index contributed by atoms with van der Waals surface area (Å²) in [6, 6.07) is 4.55. The van der Waals surface area contributed by atoms with Crippen LogP contribution in [-0.4, -0.2) is 5.54 Å². The van der Waals surface area contributed by atoms with Crippen LogP contribution in [-0.2, 0) is 6.42 Å². The van der Waals surface area contributed by atoms with Gasteiger partial charge in [-0.3, -0.25) is 0 Å². The molecule has 1 aromatic carbocycles. The summed E-state index contributed by atoms with van der Waals surface area (Å²) in [7, 11) is 0. The maximum atomic E-state index is 6.12. The van der Waals surface area contributed by atoms with Crippen molar-refractivity contribution in [1.82, 2.24) is 0 Å². The summed E-state index contributed by atoms with van der Waals surface area (Å²) in [6.45, 7) is 6.59. The van der Waals surface area contributed by atoms with E-state index in [0.717, 1.165) is 12.8 Å². The van der Waals surface area contributed by atoms with Gasteiger partial charge in [0.1, 0.15) is 0 Å². The van der Waals surface area contributed by atoms with Crippen molar-refractivity contribution >= 4 is 0 Å². The van der Waals surface area contributed by atoms with E-state index in [1.807, 2.05) is 0 Å². The molecule has 0 heterocycles. The Balaban J connectivity index is 2.13. The Kier molecular flexibility index (Phi) is 2.59. The number of nitrogens with two attached hydrogens (primary N) is 1. The molecule has 1 heteroatoms. The van der Waals surface area contributed by atoms with E-state index in [0.29, 0.717) is 0 Å². The van der Waals surface area contributed by atoms with Gasteiger partial charge in [0.15, 0.2) is 0 Å². The monoisotopic (exact) mass is 203 g/mol. The van der Waals surface area contributed by atoms with Crippen LogP contribution < -0.4 is 5.73 Å². The average Bonchev–Trinajstić information content (AvgIpc) is 2.82. The summed E-state index contributed by atoms with van der Waals surface area (Å²) in [4.78, 5) is 0. The fraction of sp³-hybridized carbons (Fsp3) is 0.571. The number of hydrogen-bond acceptors (Lipinski definition) is 1. The summed E-state index contributed by atoms with van der Waals surface area (Å²) >= 11 is 0. The standard InChI is InChI=1S/C14H21N/c1-10-8-11(2)13(12(3)9-10)4-5-14(15)6-7-14/h8-9H,4-7,15H2,1-3H3. The van der Waals surface area contributed by atoms with Gasteiger partial charge in [-0.25, -0.2) is 0 Å². The Morgan fingerprint density at radius 3 is 2.13 bits per heavy atom. The maximum Gasteiger partial charge on any atom is 0.0158 e. The molecular weight excluding hydrogens is 182 g/mol. The van der Waals surface area contributed by atoms with Gasteiger partial charge in [0.25, 0.3) is 0 Å². The van der Waals surface area contributed by atoms with Crippen molar-refractivity contribution in [3.8, 4) is 0 Å². The number of hydrogen-bond donors (Lipinski definition) is 1. The SMILES string of the molecule is Cc1cc(C)c(CCC2(N)CC2)c(C)c1. The molecule has 0 radical (unpaired) electrons. The van der Waals surface area contributed by atoms with Gasteiger partial charge in [0.2, 0.25) is 0 Å². The minimum Gasteiger partial charge on any atom is -0.325 e. The highest BCUT2D eigenvalue weighted by Crippen LogP contribution is 2.37. The lowest BCUT2D eigenvalue weighted by Crippen LogP contribution is -2.22. The zero-order chi connectivity index (χ0) is 11.1. The van der Waals surface area contributed by atoms with E-state index in [4.69, 9.17) is 5.73 Å². The predicted octanol–water partition coefficient (Wildman–Crippen LogP) is 3.04. The third-order valence-corrected chi connectivity index (χ3v) is 3.61. The average molecular weight is 203 g/mol. The molecule has 0 spiro atoms. The topological polar surface area (TPSA) is 26.0 Å². The molecule has 1 aliphatic carbocycles. The molecule has 82 valence electrons. The van der Waals surface area contributed by atoms with Crippen LogP contribution in [0.1, 0.15) is 41.5 Å². The van der Waals surface area contributed by atoms with Gasteiger partial charge in [-0.15, -0.1) is 0 Å². The summed E-state index contributed by atoms with van der Waals surface area (Å²) in [5.41, 5.74) is 12.0. The number of benzene rings is 1. The van der Waals surface area contributed by atoms with Crippen LogP contribution >= 0.6 is 0 Å². The molecule has 1 aliphatic rings. The summed E-state index contributed by atoms with van der Waals surface area (Å²) in [6.07, 6.45) is 4.74. The number of rotatable bonds is 3. The Labute approximate surface area is 92.7 Å². The zero-order valence-corrected chi connectivity index (χ0v) is 10.1. The Morgan fingerprint density at radius 2 is 1.67 bits per heavy atom. The van der Waals surface area contributed by atoms with Crippen LogP contribution in [0.5, 0.6) is 0 Å². The van der Waals surface area contributed by atoms with Gasteiger partial charge in [0.05, 0.1) is 0 Å². The molecule has 15 heavy (non-hydrogen) atoms. The Hall–Kier alpha value is -0.820. The minimum atomic E-state index is 0.184. The fourth-order valence-corrected chi connectivity index (χ4v) is 2.39. The highest BCUT2D eigenvalue weighted by molar-refractivity contribution is 5.37. The van der Waals surface area contributed by atoms with E-state index in [-0.39, 0.29) is 5.54 Å². The third-order valence-electron chi connectivity index (χ3n) is 3.61. The smallest absolute Gasteiger partial charge is 0.0158 e. The molecule has 0 aromatic heterocycles. The molecule has 1 aromatic rings. The molecule has 1 nitrogen and oxygen atoms in total. The second-order valence-corrected chi connectivity index (χ2v) is 5.24.